The largest absolute Gasteiger partial charge is 0.409 e. The van der Waals surface area contributed by atoms with E-state index in [0.29, 0.717) is 0 Å². The highest BCUT2D eigenvalue weighted by Gasteiger charge is 2.22. The number of nitrogens with zero attached hydrogens (tertiary/aromatic N) is 2. The van der Waals surface area contributed by atoms with Gasteiger partial charge in [0, 0.05) is 14.1 Å². The van der Waals surface area contributed by atoms with Crippen molar-refractivity contribution in [1.29, 1.82) is 0 Å². The zero-order chi connectivity index (χ0) is 12.0. The average Bonchev–Trinajstić information content (AvgIpc) is 2.25. The number of hydrogen-bond acceptors (Lipinski definition) is 4. The predicted octanol–water partition coefficient (Wildman–Crippen LogP) is -1.43. The molecule has 0 radical (unpaired) electrons. The first-order valence-corrected chi connectivity index (χ1v) is 4.37. The van der Waals surface area contributed by atoms with E-state index in [4.69, 9.17) is 10.9 Å². The van der Waals surface area contributed by atoms with Crippen molar-refractivity contribution >= 4 is 17.6 Å². The van der Waals surface area contributed by atoms with E-state index in [9.17, 15) is 9.59 Å². The van der Waals surface area contributed by atoms with Crippen LogP contribution in [0.4, 0.5) is 0 Å². The van der Waals surface area contributed by atoms with Gasteiger partial charge in [0.15, 0.2) is 5.84 Å². The Morgan fingerprint density at radius 1 is 1.60 bits per heavy atom. The molecular weight excluding hydrogens is 200 g/mol. The number of amidine groups is 1. The van der Waals surface area contributed by atoms with E-state index in [1.54, 1.807) is 0 Å². The Kier molecular flexibility index (Phi) is 5.14. The molecule has 1 unspecified atom stereocenters. The maximum atomic E-state index is 11.6. The molecule has 0 bridgehead atoms. The first kappa shape index (κ1) is 13.2. The second-order valence-electron chi connectivity index (χ2n) is 3.11. The van der Waals surface area contributed by atoms with Crippen LogP contribution >= 0.6 is 0 Å². The molecule has 0 aliphatic rings. The van der Waals surface area contributed by atoms with E-state index >= 15 is 0 Å². The Bertz CT molecular complexity index is 277. The molecule has 7 heteroatoms. The second-order valence-corrected chi connectivity index (χ2v) is 3.11. The van der Waals surface area contributed by atoms with Crippen molar-refractivity contribution < 1.29 is 14.8 Å². The summed E-state index contributed by atoms with van der Waals surface area (Å²) in [5, 5.41) is 13.5. The molecule has 0 saturated heterocycles. The van der Waals surface area contributed by atoms with Gasteiger partial charge in [-0.15, -0.1) is 0 Å². The predicted molar refractivity (Wildman–Crippen MR) is 54.3 cm³/mol. The van der Waals surface area contributed by atoms with Crippen LogP contribution < -0.4 is 11.1 Å². The lowest BCUT2D eigenvalue weighted by molar-refractivity contribution is -0.135. The van der Waals surface area contributed by atoms with E-state index in [1.807, 2.05) is 0 Å². The summed E-state index contributed by atoms with van der Waals surface area (Å²) in [6.07, 6.45) is 0. The molecule has 0 rings (SSSR count). The van der Waals surface area contributed by atoms with Gasteiger partial charge in [0.05, 0.1) is 12.5 Å². The molecular formula is C8H16N4O3. The third kappa shape index (κ3) is 3.84. The van der Waals surface area contributed by atoms with Crippen molar-refractivity contribution in [2.45, 2.75) is 6.92 Å². The molecule has 0 aromatic heterocycles. The van der Waals surface area contributed by atoms with Crippen molar-refractivity contribution in [2.75, 3.05) is 20.6 Å². The third-order valence-corrected chi connectivity index (χ3v) is 1.97. The maximum Gasteiger partial charge on any atom is 0.239 e. The summed E-state index contributed by atoms with van der Waals surface area (Å²) >= 11 is 0. The number of rotatable bonds is 4. The highest BCUT2D eigenvalue weighted by atomic mass is 16.4. The normalized spacial score (nSPS) is 13.1. The lowest BCUT2D eigenvalue weighted by Gasteiger charge is -2.19. The number of likely N-dealkylation sites (N-methyl/N-ethyl adjacent to an activating group) is 2. The minimum Gasteiger partial charge on any atom is -0.409 e. The Morgan fingerprint density at radius 3 is 2.53 bits per heavy atom. The van der Waals surface area contributed by atoms with Crippen LogP contribution in [0, 0.1) is 5.92 Å². The molecule has 0 heterocycles. The third-order valence-electron chi connectivity index (χ3n) is 1.97. The van der Waals surface area contributed by atoms with Gasteiger partial charge in [-0.1, -0.05) is 5.16 Å². The Balaban J connectivity index is 4.38. The number of carbonyl (C=O) groups is 2. The average molecular weight is 216 g/mol. The highest BCUT2D eigenvalue weighted by Crippen LogP contribution is 2.00. The quantitative estimate of drug-likeness (QED) is 0.232. The summed E-state index contributed by atoms with van der Waals surface area (Å²) in [5.41, 5.74) is 5.27. The number of carbonyl (C=O) groups excluding carboxylic acids is 2. The molecule has 0 spiro atoms. The SMILES string of the molecule is CNC(=O)CN(C)C(=O)C(C)C(N)=NO. The van der Waals surface area contributed by atoms with Gasteiger partial charge in [-0.25, -0.2) is 0 Å². The number of nitrogens with one attached hydrogen (secondary N) is 1. The van der Waals surface area contributed by atoms with Gasteiger partial charge in [0.2, 0.25) is 11.8 Å². The molecule has 0 aliphatic carbocycles. The van der Waals surface area contributed by atoms with E-state index in [1.165, 1.54) is 25.9 Å². The van der Waals surface area contributed by atoms with Crippen LogP contribution in [0.25, 0.3) is 0 Å². The zero-order valence-corrected chi connectivity index (χ0v) is 9.02. The van der Waals surface area contributed by atoms with Crippen LogP contribution in [0.1, 0.15) is 6.92 Å². The fourth-order valence-electron chi connectivity index (χ4n) is 0.916. The summed E-state index contributed by atoms with van der Waals surface area (Å²) in [4.78, 5) is 23.8. The lowest BCUT2D eigenvalue weighted by atomic mass is 10.1. The molecule has 0 fully saturated rings. The second kappa shape index (κ2) is 5.84. The van der Waals surface area contributed by atoms with Gasteiger partial charge in [-0.2, -0.15) is 0 Å². The molecule has 15 heavy (non-hydrogen) atoms. The van der Waals surface area contributed by atoms with E-state index < -0.39 is 5.92 Å². The van der Waals surface area contributed by atoms with Gasteiger partial charge in [-0.3, -0.25) is 9.59 Å². The smallest absolute Gasteiger partial charge is 0.239 e. The fraction of sp³-hybridized carbons (Fsp3) is 0.625. The summed E-state index contributed by atoms with van der Waals surface area (Å²) < 4.78 is 0. The first-order valence-electron chi connectivity index (χ1n) is 4.37. The van der Waals surface area contributed by atoms with Crippen LogP contribution in [-0.2, 0) is 9.59 Å². The van der Waals surface area contributed by atoms with Crippen molar-refractivity contribution in [2.24, 2.45) is 16.8 Å². The highest BCUT2D eigenvalue weighted by molar-refractivity contribution is 6.02. The van der Waals surface area contributed by atoms with Crippen LogP contribution in [0.3, 0.4) is 0 Å². The van der Waals surface area contributed by atoms with Crippen molar-refractivity contribution in [3.05, 3.63) is 0 Å². The molecule has 0 aliphatic heterocycles. The summed E-state index contributed by atoms with van der Waals surface area (Å²) in [7, 11) is 2.95. The number of nitrogens with two attached hydrogens (primary N) is 1. The molecule has 0 aromatic carbocycles. The summed E-state index contributed by atoms with van der Waals surface area (Å²) in [6.45, 7) is 1.44. The van der Waals surface area contributed by atoms with Crippen LogP contribution in [0.15, 0.2) is 5.16 Å². The van der Waals surface area contributed by atoms with Crippen LogP contribution in [0.5, 0.6) is 0 Å². The van der Waals surface area contributed by atoms with Crippen molar-refractivity contribution in [3.63, 3.8) is 0 Å². The van der Waals surface area contributed by atoms with Crippen LogP contribution in [-0.4, -0.2) is 48.4 Å². The maximum absolute atomic E-state index is 11.6. The van der Waals surface area contributed by atoms with Crippen molar-refractivity contribution in [1.82, 2.24) is 10.2 Å². The summed E-state index contributed by atoms with van der Waals surface area (Å²) in [6, 6.07) is 0. The minimum absolute atomic E-state index is 0.0572. The Labute approximate surface area is 87.9 Å². The number of hydrogen-bond donors (Lipinski definition) is 3. The van der Waals surface area contributed by atoms with Crippen LogP contribution in [0.2, 0.25) is 0 Å². The van der Waals surface area contributed by atoms with E-state index in [-0.39, 0.29) is 24.2 Å². The monoisotopic (exact) mass is 216 g/mol. The molecule has 1 atom stereocenters. The topological polar surface area (TPSA) is 108 Å². The minimum atomic E-state index is -0.746. The number of oxime groups is 1. The van der Waals surface area contributed by atoms with Gasteiger partial charge in [-0.05, 0) is 6.92 Å². The first-order chi connectivity index (χ1) is 6.93. The Hall–Kier alpha value is -1.79. The van der Waals surface area contributed by atoms with E-state index in [0.717, 1.165) is 0 Å². The van der Waals surface area contributed by atoms with Gasteiger partial charge >= 0.3 is 0 Å². The standard InChI is InChI=1S/C8H16N4O3/c1-5(7(9)11-15)8(14)12(3)4-6(13)10-2/h5,15H,4H2,1-3H3,(H2,9,11)(H,10,13). The molecule has 86 valence electrons. The number of amides is 2. The molecule has 0 aromatic rings. The molecule has 0 saturated carbocycles. The Morgan fingerprint density at radius 2 is 2.13 bits per heavy atom. The fourth-order valence-corrected chi connectivity index (χ4v) is 0.916. The van der Waals surface area contributed by atoms with Crippen molar-refractivity contribution in [3.8, 4) is 0 Å². The molecule has 2 amide bonds. The lowest BCUT2D eigenvalue weighted by Crippen LogP contribution is -2.42. The summed E-state index contributed by atoms with van der Waals surface area (Å²) in [5.74, 6) is -1.58. The zero-order valence-electron chi connectivity index (χ0n) is 9.02. The van der Waals surface area contributed by atoms with Gasteiger partial charge in [0.1, 0.15) is 0 Å². The molecule has 4 N–H and O–H groups in total. The van der Waals surface area contributed by atoms with Gasteiger partial charge in [0.25, 0.3) is 0 Å². The van der Waals surface area contributed by atoms with Gasteiger partial charge < -0.3 is 21.2 Å². The molecule has 7 nitrogen and oxygen atoms in total. The van der Waals surface area contributed by atoms with E-state index in [2.05, 4.69) is 10.5 Å².